The van der Waals surface area contributed by atoms with E-state index < -0.39 is 17.8 Å². The Bertz CT molecular complexity index is 1240. The summed E-state index contributed by atoms with van der Waals surface area (Å²) in [6, 6.07) is 15.4. The Hall–Kier alpha value is -4.13. The number of fused-ring (bicyclic) bond motifs is 3. The fraction of sp³-hybridized carbons (Fsp3) is 0.250. The maximum Gasteiger partial charge on any atom is 0.345 e. The molecule has 0 spiro atoms. The van der Waals surface area contributed by atoms with Crippen LogP contribution in [0.2, 0.25) is 0 Å². The van der Waals surface area contributed by atoms with E-state index in [0.29, 0.717) is 36.3 Å². The van der Waals surface area contributed by atoms with Gasteiger partial charge in [0.1, 0.15) is 5.57 Å². The monoisotopic (exact) mass is 472 g/mol. The maximum absolute atomic E-state index is 13.8. The second-order valence-corrected chi connectivity index (χ2v) is 8.45. The lowest BCUT2D eigenvalue weighted by atomic mass is 9.97. The maximum atomic E-state index is 13.8. The SMILES string of the molecule is COC(=O)C1=C/CCCN2/C=C(/C(=O)OC)C(=O)N(Cc3ccccc3)c3ccc(C)cc3\C2=C\1. The summed E-state index contributed by atoms with van der Waals surface area (Å²) in [4.78, 5) is 42.6. The Kier molecular flexibility index (Phi) is 7.15. The minimum absolute atomic E-state index is 0.0790. The van der Waals surface area contributed by atoms with Crippen molar-refractivity contribution >= 4 is 29.2 Å². The largest absolute Gasteiger partial charge is 0.465 e. The van der Waals surface area contributed by atoms with Crippen molar-refractivity contribution in [3.63, 3.8) is 0 Å². The Morgan fingerprint density at radius 1 is 1.00 bits per heavy atom. The van der Waals surface area contributed by atoms with Crippen LogP contribution in [-0.2, 0) is 30.4 Å². The minimum Gasteiger partial charge on any atom is -0.465 e. The average molecular weight is 473 g/mol. The number of carbonyl (C=O) groups excluding carboxylic acids is 3. The van der Waals surface area contributed by atoms with Crippen molar-refractivity contribution in [1.29, 1.82) is 0 Å². The first kappa shape index (κ1) is 24.0. The van der Waals surface area contributed by atoms with Gasteiger partial charge < -0.3 is 19.3 Å². The lowest BCUT2D eigenvalue weighted by Gasteiger charge is -2.34. The van der Waals surface area contributed by atoms with Gasteiger partial charge >= 0.3 is 11.9 Å². The van der Waals surface area contributed by atoms with Crippen LogP contribution in [0.4, 0.5) is 5.69 Å². The van der Waals surface area contributed by atoms with E-state index in [2.05, 4.69) is 0 Å². The van der Waals surface area contributed by atoms with Crippen LogP contribution in [-0.4, -0.2) is 43.5 Å². The van der Waals surface area contributed by atoms with Crippen LogP contribution in [0.5, 0.6) is 0 Å². The third-order valence-corrected chi connectivity index (χ3v) is 6.06. The third kappa shape index (κ3) is 5.04. The summed E-state index contributed by atoms with van der Waals surface area (Å²) >= 11 is 0. The summed E-state index contributed by atoms with van der Waals surface area (Å²) < 4.78 is 9.99. The zero-order chi connectivity index (χ0) is 24.9. The lowest BCUT2D eigenvalue weighted by molar-refractivity contribution is -0.138. The number of aryl methyl sites for hydroxylation is 1. The summed E-state index contributed by atoms with van der Waals surface area (Å²) in [5, 5.41) is 0. The normalized spacial score (nSPS) is 20.2. The van der Waals surface area contributed by atoms with Crippen molar-refractivity contribution < 1.29 is 23.9 Å². The van der Waals surface area contributed by atoms with Gasteiger partial charge in [-0.15, -0.1) is 0 Å². The molecule has 2 aliphatic heterocycles. The van der Waals surface area contributed by atoms with Crippen LogP contribution in [0.25, 0.3) is 5.70 Å². The third-order valence-electron chi connectivity index (χ3n) is 6.06. The summed E-state index contributed by atoms with van der Waals surface area (Å²) in [6.07, 6.45) is 6.55. The van der Waals surface area contributed by atoms with E-state index in [-0.39, 0.29) is 12.1 Å². The van der Waals surface area contributed by atoms with E-state index in [0.717, 1.165) is 16.7 Å². The van der Waals surface area contributed by atoms with Crippen LogP contribution in [0.3, 0.4) is 0 Å². The molecule has 2 aliphatic rings. The number of nitrogens with zero attached hydrogens (tertiary/aromatic N) is 2. The summed E-state index contributed by atoms with van der Waals surface area (Å²) in [6.45, 7) is 2.79. The predicted molar refractivity (Wildman–Crippen MR) is 133 cm³/mol. The molecule has 7 heteroatoms. The topological polar surface area (TPSA) is 76.1 Å². The second kappa shape index (κ2) is 10.4. The van der Waals surface area contributed by atoms with Crippen molar-refractivity contribution in [2.24, 2.45) is 0 Å². The van der Waals surface area contributed by atoms with E-state index >= 15 is 0 Å². The van der Waals surface area contributed by atoms with E-state index in [4.69, 9.17) is 9.47 Å². The summed E-state index contributed by atoms with van der Waals surface area (Å²) in [7, 11) is 2.61. The minimum atomic E-state index is -0.714. The molecule has 1 amide bonds. The molecule has 2 aromatic carbocycles. The molecule has 4 rings (SSSR count). The molecule has 2 heterocycles. The first-order chi connectivity index (χ1) is 16.9. The van der Waals surface area contributed by atoms with Gasteiger partial charge in [0.15, 0.2) is 0 Å². The molecule has 0 saturated carbocycles. The molecule has 0 atom stereocenters. The first-order valence-corrected chi connectivity index (χ1v) is 11.5. The highest BCUT2D eigenvalue weighted by molar-refractivity contribution is 6.22. The number of hydrogen-bond donors (Lipinski definition) is 0. The van der Waals surface area contributed by atoms with Crippen LogP contribution in [0.15, 0.2) is 78.0 Å². The van der Waals surface area contributed by atoms with Crippen LogP contribution < -0.4 is 4.90 Å². The number of carbonyl (C=O) groups is 3. The average Bonchev–Trinajstić information content (AvgIpc) is 2.86. The standard InChI is InChI=1S/C28H28N2O5/c1-19-12-13-24-22(15-19)25-16-21(27(32)34-2)11-7-8-14-29(25)18-23(28(33)35-3)26(31)30(24)17-20-9-5-4-6-10-20/h4-6,9-13,15-16,18H,7-8,14,17H2,1-3H3/b21-11+,23-18+,25-16-. The Morgan fingerprint density at radius 3 is 2.46 bits per heavy atom. The van der Waals surface area contributed by atoms with Crippen molar-refractivity contribution in [3.05, 3.63) is 94.7 Å². The number of esters is 2. The van der Waals surface area contributed by atoms with Gasteiger partial charge in [-0.1, -0.05) is 48.0 Å². The summed E-state index contributed by atoms with van der Waals surface area (Å²) in [5.74, 6) is -1.60. The zero-order valence-corrected chi connectivity index (χ0v) is 20.1. The molecular weight excluding hydrogens is 444 g/mol. The number of ether oxygens (including phenoxy) is 2. The van der Waals surface area contributed by atoms with E-state index in [9.17, 15) is 14.4 Å². The van der Waals surface area contributed by atoms with Crippen LogP contribution in [0, 0.1) is 6.92 Å². The molecule has 2 aromatic rings. The highest BCUT2D eigenvalue weighted by Crippen LogP contribution is 2.37. The van der Waals surface area contributed by atoms with Crippen molar-refractivity contribution in [3.8, 4) is 0 Å². The first-order valence-electron chi connectivity index (χ1n) is 11.5. The van der Waals surface area contributed by atoms with Crippen LogP contribution >= 0.6 is 0 Å². The van der Waals surface area contributed by atoms with Crippen molar-refractivity contribution in [1.82, 2.24) is 4.90 Å². The molecule has 0 N–H and O–H groups in total. The van der Waals surface area contributed by atoms with Gasteiger partial charge in [0.25, 0.3) is 5.91 Å². The molecule has 0 aromatic heterocycles. The quantitative estimate of drug-likeness (QED) is 0.492. The molecule has 0 bridgehead atoms. The number of benzene rings is 2. The lowest BCUT2D eigenvalue weighted by Crippen LogP contribution is -2.38. The molecule has 0 unspecified atom stereocenters. The van der Waals surface area contributed by atoms with Gasteiger partial charge in [0.05, 0.1) is 37.7 Å². The van der Waals surface area contributed by atoms with Crippen molar-refractivity contribution in [2.45, 2.75) is 26.3 Å². The van der Waals surface area contributed by atoms with E-state index in [1.807, 2.05) is 66.4 Å². The smallest absolute Gasteiger partial charge is 0.345 e. The molecule has 0 saturated heterocycles. The number of hydrogen-bond acceptors (Lipinski definition) is 6. The van der Waals surface area contributed by atoms with Gasteiger partial charge in [0, 0.05) is 18.3 Å². The van der Waals surface area contributed by atoms with Gasteiger partial charge in [-0.05, 0) is 43.5 Å². The number of rotatable bonds is 4. The fourth-order valence-corrected chi connectivity index (χ4v) is 4.28. The number of methoxy groups -OCH3 is 2. The highest BCUT2D eigenvalue weighted by Gasteiger charge is 2.33. The Labute approximate surface area is 204 Å². The van der Waals surface area contributed by atoms with E-state index in [1.165, 1.54) is 14.2 Å². The molecule has 0 fully saturated rings. The van der Waals surface area contributed by atoms with Gasteiger partial charge in [-0.2, -0.15) is 0 Å². The molecule has 180 valence electrons. The van der Waals surface area contributed by atoms with Gasteiger partial charge in [0.2, 0.25) is 0 Å². The summed E-state index contributed by atoms with van der Waals surface area (Å²) in [5.41, 5.74) is 4.38. The molecular formula is C28H28N2O5. The zero-order valence-electron chi connectivity index (χ0n) is 20.1. The second-order valence-electron chi connectivity index (χ2n) is 8.45. The van der Waals surface area contributed by atoms with Gasteiger partial charge in [-0.25, -0.2) is 9.59 Å². The Morgan fingerprint density at radius 2 is 1.74 bits per heavy atom. The van der Waals surface area contributed by atoms with Gasteiger partial charge in [-0.3, -0.25) is 4.79 Å². The molecule has 0 radical (unpaired) electrons. The molecule has 0 aliphatic carbocycles. The molecule has 7 nitrogen and oxygen atoms in total. The van der Waals surface area contributed by atoms with Crippen molar-refractivity contribution in [2.75, 3.05) is 25.7 Å². The highest BCUT2D eigenvalue weighted by atomic mass is 16.5. The van der Waals surface area contributed by atoms with E-state index in [1.54, 1.807) is 17.2 Å². The number of amides is 1. The fourth-order valence-electron chi connectivity index (χ4n) is 4.28. The van der Waals surface area contributed by atoms with Crippen LogP contribution in [0.1, 0.15) is 29.5 Å². The number of allylic oxidation sites excluding steroid dienone is 1. The Balaban J connectivity index is 1.98. The predicted octanol–water partition coefficient (Wildman–Crippen LogP) is 4.13. The number of anilines is 1. The molecule has 35 heavy (non-hydrogen) atoms.